The number of hydrogen-bond acceptors (Lipinski definition) is 2. The van der Waals surface area contributed by atoms with Gasteiger partial charge >= 0.3 is 0 Å². The van der Waals surface area contributed by atoms with E-state index in [1.807, 2.05) is 42.3 Å². The maximum atomic E-state index is 4.13. The van der Waals surface area contributed by atoms with E-state index in [0.717, 1.165) is 17.8 Å². The van der Waals surface area contributed by atoms with Gasteiger partial charge in [0.05, 0.1) is 12.2 Å². The summed E-state index contributed by atoms with van der Waals surface area (Å²) in [6.07, 6.45) is 1.83. The van der Waals surface area contributed by atoms with E-state index in [-0.39, 0.29) is 0 Å². The number of hydrogen-bond donors (Lipinski definition) is 0. The minimum Gasteiger partial charge on any atom is -0.248 e. The van der Waals surface area contributed by atoms with Crippen molar-refractivity contribution in [1.29, 1.82) is 0 Å². The van der Waals surface area contributed by atoms with Crippen molar-refractivity contribution < 1.29 is 0 Å². The number of rotatable bonds is 5. The van der Waals surface area contributed by atoms with Gasteiger partial charge in [0.2, 0.25) is 0 Å². The van der Waals surface area contributed by atoms with Gasteiger partial charge in [-0.1, -0.05) is 30.0 Å². The minimum absolute atomic E-state index is 0.706. The highest BCUT2D eigenvalue weighted by Gasteiger charge is 2.01. The first-order valence-electron chi connectivity index (χ1n) is 5.19. The monoisotopic (exact) mass is 203 g/mol. The van der Waals surface area contributed by atoms with Crippen LogP contribution < -0.4 is 5.01 Å². The Morgan fingerprint density at radius 2 is 2.20 bits per heavy atom. The largest absolute Gasteiger partial charge is 0.248 e. The van der Waals surface area contributed by atoms with E-state index in [1.165, 1.54) is 0 Å². The first-order chi connectivity index (χ1) is 7.31. The fraction of sp³-hybridized carbons (Fsp3) is 0.333. The lowest BCUT2D eigenvalue weighted by Crippen LogP contribution is -2.14. The number of nitrogens with zero attached hydrogens (tertiary/aromatic N) is 3. The van der Waals surface area contributed by atoms with Crippen LogP contribution >= 0.6 is 0 Å². The summed E-state index contributed by atoms with van der Waals surface area (Å²) in [6, 6.07) is 8.08. The molecule has 0 fully saturated rings. The topological polar surface area (TPSA) is 28.0 Å². The number of anilines is 1. The van der Waals surface area contributed by atoms with Crippen LogP contribution in [0.4, 0.5) is 5.69 Å². The predicted octanol–water partition coefficient (Wildman–Crippen LogP) is 3.54. The standard InChI is InChI=1S/C12H17N3/c1-4-11-8-7-9-12(10-11)15(6-3)14-13-5-2/h4,7-10H,1,5-6H2,2-3H3. The van der Waals surface area contributed by atoms with Crippen molar-refractivity contribution >= 4 is 11.8 Å². The summed E-state index contributed by atoms with van der Waals surface area (Å²) in [4.78, 5) is 0. The Morgan fingerprint density at radius 3 is 2.80 bits per heavy atom. The SMILES string of the molecule is C=Cc1cccc(N(CC)N=NCC)c1. The summed E-state index contributed by atoms with van der Waals surface area (Å²) in [5.41, 5.74) is 2.14. The summed E-state index contributed by atoms with van der Waals surface area (Å²) < 4.78 is 0. The van der Waals surface area contributed by atoms with Gasteiger partial charge < -0.3 is 0 Å². The molecule has 0 radical (unpaired) electrons. The Balaban J connectivity index is 2.90. The van der Waals surface area contributed by atoms with E-state index in [4.69, 9.17) is 0 Å². The zero-order valence-electron chi connectivity index (χ0n) is 9.35. The van der Waals surface area contributed by atoms with E-state index in [9.17, 15) is 0 Å². The third-order valence-electron chi connectivity index (χ3n) is 2.02. The van der Waals surface area contributed by atoms with Crippen LogP contribution in [0.1, 0.15) is 19.4 Å². The minimum atomic E-state index is 0.706. The molecule has 1 rings (SSSR count). The molecule has 1 aromatic rings. The molecule has 3 nitrogen and oxygen atoms in total. The Morgan fingerprint density at radius 1 is 1.40 bits per heavy atom. The lowest BCUT2D eigenvalue weighted by molar-refractivity contribution is 0.795. The first-order valence-corrected chi connectivity index (χ1v) is 5.19. The Bertz CT molecular complexity index is 344. The van der Waals surface area contributed by atoms with Gasteiger partial charge in [-0.15, -0.1) is 0 Å². The molecule has 0 saturated heterocycles. The van der Waals surface area contributed by atoms with Gasteiger partial charge in [-0.05, 0) is 31.5 Å². The highest BCUT2D eigenvalue weighted by Crippen LogP contribution is 2.17. The molecule has 0 aliphatic carbocycles. The molecule has 0 atom stereocenters. The molecular formula is C12H17N3. The van der Waals surface area contributed by atoms with Crippen molar-refractivity contribution in [3.8, 4) is 0 Å². The van der Waals surface area contributed by atoms with Crippen molar-refractivity contribution in [3.63, 3.8) is 0 Å². The second kappa shape index (κ2) is 5.96. The molecule has 0 heterocycles. The van der Waals surface area contributed by atoms with E-state index in [0.29, 0.717) is 6.54 Å². The Labute approximate surface area is 91.1 Å². The second-order valence-corrected chi connectivity index (χ2v) is 3.06. The Hall–Kier alpha value is -1.64. The summed E-state index contributed by atoms with van der Waals surface area (Å²) in [5.74, 6) is 0. The number of benzene rings is 1. The zero-order valence-corrected chi connectivity index (χ0v) is 9.35. The fourth-order valence-corrected chi connectivity index (χ4v) is 1.25. The molecule has 0 amide bonds. The smallest absolute Gasteiger partial charge is 0.0616 e. The van der Waals surface area contributed by atoms with Gasteiger partial charge in [0, 0.05) is 6.54 Å². The van der Waals surface area contributed by atoms with Crippen molar-refractivity contribution in [2.45, 2.75) is 13.8 Å². The van der Waals surface area contributed by atoms with Crippen LogP contribution in [0.2, 0.25) is 0 Å². The van der Waals surface area contributed by atoms with E-state index >= 15 is 0 Å². The Kier molecular flexibility index (Phi) is 4.54. The third-order valence-corrected chi connectivity index (χ3v) is 2.02. The van der Waals surface area contributed by atoms with Crippen molar-refractivity contribution in [2.24, 2.45) is 10.3 Å². The first kappa shape index (κ1) is 11.4. The average molecular weight is 203 g/mol. The molecule has 0 aromatic heterocycles. The van der Waals surface area contributed by atoms with Crippen molar-refractivity contribution in [2.75, 3.05) is 18.1 Å². The van der Waals surface area contributed by atoms with Gasteiger partial charge in [-0.3, -0.25) is 0 Å². The molecule has 0 N–H and O–H groups in total. The van der Waals surface area contributed by atoms with Crippen molar-refractivity contribution in [1.82, 2.24) is 0 Å². The van der Waals surface area contributed by atoms with Gasteiger partial charge in [0.15, 0.2) is 0 Å². The summed E-state index contributed by atoms with van der Waals surface area (Å²) in [6.45, 7) is 9.28. The van der Waals surface area contributed by atoms with E-state index < -0.39 is 0 Å². The molecule has 0 saturated carbocycles. The molecule has 0 bridgehead atoms. The lowest BCUT2D eigenvalue weighted by Gasteiger charge is -2.15. The van der Waals surface area contributed by atoms with Gasteiger partial charge in [-0.2, -0.15) is 5.11 Å². The predicted molar refractivity (Wildman–Crippen MR) is 65.0 cm³/mol. The molecule has 1 aromatic carbocycles. The van der Waals surface area contributed by atoms with Gasteiger partial charge in [-0.25, -0.2) is 5.01 Å². The molecular weight excluding hydrogens is 186 g/mol. The van der Waals surface area contributed by atoms with Crippen LogP contribution in [0.25, 0.3) is 6.08 Å². The zero-order chi connectivity index (χ0) is 11.1. The van der Waals surface area contributed by atoms with Crippen LogP contribution in [0, 0.1) is 0 Å². The van der Waals surface area contributed by atoms with Crippen LogP contribution in [-0.4, -0.2) is 13.1 Å². The highest BCUT2D eigenvalue weighted by atomic mass is 15.5. The summed E-state index contributed by atoms with van der Waals surface area (Å²) in [5, 5.41) is 10.0. The maximum absolute atomic E-state index is 4.13. The fourth-order valence-electron chi connectivity index (χ4n) is 1.25. The highest BCUT2D eigenvalue weighted by molar-refractivity contribution is 5.56. The molecule has 0 spiro atoms. The summed E-state index contributed by atoms with van der Waals surface area (Å²) in [7, 11) is 0. The van der Waals surface area contributed by atoms with E-state index in [1.54, 1.807) is 0 Å². The molecule has 15 heavy (non-hydrogen) atoms. The van der Waals surface area contributed by atoms with Crippen LogP contribution in [0.3, 0.4) is 0 Å². The van der Waals surface area contributed by atoms with Gasteiger partial charge in [0.1, 0.15) is 0 Å². The van der Waals surface area contributed by atoms with Crippen LogP contribution in [0.5, 0.6) is 0 Å². The van der Waals surface area contributed by atoms with Crippen molar-refractivity contribution in [3.05, 3.63) is 36.4 Å². The van der Waals surface area contributed by atoms with Crippen LogP contribution in [0.15, 0.2) is 41.2 Å². The summed E-state index contributed by atoms with van der Waals surface area (Å²) >= 11 is 0. The average Bonchev–Trinajstić information content (AvgIpc) is 2.30. The molecule has 0 unspecified atom stereocenters. The lowest BCUT2D eigenvalue weighted by atomic mass is 10.2. The second-order valence-electron chi connectivity index (χ2n) is 3.06. The molecule has 3 heteroatoms. The van der Waals surface area contributed by atoms with Crippen LogP contribution in [-0.2, 0) is 0 Å². The normalized spacial score (nSPS) is 10.5. The third kappa shape index (κ3) is 3.20. The molecule has 0 aliphatic heterocycles. The molecule has 0 aliphatic rings. The quantitative estimate of drug-likeness (QED) is 0.531. The molecule has 80 valence electrons. The maximum Gasteiger partial charge on any atom is 0.0616 e. The van der Waals surface area contributed by atoms with E-state index in [2.05, 4.69) is 23.8 Å². The van der Waals surface area contributed by atoms with Gasteiger partial charge in [0.25, 0.3) is 0 Å².